The van der Waals surface area contributed by atoms with Gasteiger partial charge in [-0.25, -0.2) is 0 Å². The molecule has 0 amide bonds. The standard InChI is InChI=1S/C9H18O2S/c1-3-4-7-12(11)8-5-6-9(2)10/h3-8H2,1-2H3. The molecule has 0 saturated heterocycles. The van der Waals surface area contributed by atoms with E-state index in [1.165, 1.54) is 0 Å². The van der Waals surface area contributed by atoms with Gasteiger partial charge in [0.15, 0.2) is 0 Å². The number of unbranched alkanes of at least 4 members (excludes halogenated alkanes) is 1. The maximum Gasteiger partial charge on any atom is 0.129 e. The van der Waals surface area contributed by atoms with Crippen molar-refractivity contribution in [2.75, 3.05) is 11.5 Å². The van der Waals surface area contributed by atoms with Crippen molar-refractivity contribution in [2.45, 2.75) is 39.5 Å². The summed E-state index contributed by atoms with van der Waals surface area (Å²) in [5.41, 5.74) is 0. The van der Waals surface area contributed by atoms with Crippen LogP contribution in [0.5, 0.6) is 0 Å². The third kappa shape index (κ3) is 7.92. The molecule has 0 heterocycles. The Morgan fingerprint density at radius 2 is 1.83 bits per heavy atom. The van der Waals surface area contributed by atoms with Crippen molar-refractivity contribution in [3.63, 3.8) is 0 Å². The third-order valence-electron chi connectivity index (χ3n) is 1.63. The van der Waals surface area contributed by atoms with E-state index in [9.17, 15) is 9.00 Å². The number of carbonyl (C=O) groups is 1. The molecule has 0 N–H and O–H groups in total. The molecule has 0 aromatic rings. The van der Waals surface area contributed by atoms with Crippen molar-refractivity contribution in [1.82, 2.24) is 0 Å². The van der Waals surface area contributed by atoms with Gasteiger partial charge in [-0.15, -0.1) is 0 Å². The second-order valence-electron chi connectivity index (χ2n) is 3.01. The van der Waals surface area contributed by atoms with Gasteiger partial charge in [0.25, 0.3) is 0 Å². The predicted octanol–water partition coefficient (Wildman–Crippen LogP) is 1.90. The first kappa shape index (κ1) is 11.8. The zero-order valence-electron chi connectivity index (χ0n) is 7.97. The van der Waals surface area contributed by atoms with Gasteiger partial charge in [-0.1, -0.05) is 13.3 Å². The molecular formula is C9H18O2S. The lowest BCUT2D eigenvalue weighted by Gasteiger charge is -1.98. The Labute approximate surface area is 77.2 Å². The molecule has 0 aromatic heterocycles. The Kier molecular flexibility index (Phi) is 7.36. The smallest absolute Gasteiger partial charge is 0.129 e. The number of Topliss-reactive ketones (excluding diaryl/α,β-unsaturated/α-hetero) is 1. The summed E-state index contributed by atoms with van der Waals surface area (Å²) in [5.74, 6) is 1.69. The van der Waals surface area contributed by atoms with Gasteiger partial charge in [0.2, 0.25) is 0 Å². The van der Waals surface area contributed by atoms with Crippen LogP contribution in [0.25, 0.3) is 0 Å². The van der Waals surface area contributed by atoms with E-state index in [1.54, 1.807) is 6.92 Å². The lowest BCUT2D eigenvalue weighted by atomic mass is 10.3. The average molecular weight is 190 g/mol. The minimum atomic E-state index is -0.689. The van der Waals surface area contributed by atoms with E-state index in [1.807, 2.05) is 0 Å². The van der Waals surface area contributed by atoms with E-state index in [0.717, 1.165) is 25.0 Å². The van der Waals surface area contributed by atoms with Gasteiger partial charge in [0.05, 0.1) is 0 Å². The molecule has 0 radical (unpaired) electrons. The van der Waals surface area contributed by atoms with Crippen LogP contribution in [0.2, 0.25) is 0 Å². The Bertz CT molecular complexity index is 155. The van der Waals surface area contributed by atoms with Crippen LogP contribution in [-0.2, 0) is 15.6 Å². The molecule has 12 heavy (non-hydrogen) atoms. The molecule has 0 saturated carbocycles. The van der Waals surface area contributed by atoms with Gasteiger partial charge in [-0.3, -0.25) is 4.21 Å². The van der Waals surface area contributed by atoms with Crippen LogP contribution in [0.15, 0.2) is 0 Å². The van der Waals surface area contributed by atoms with Crippen molar-refractivity contribution < 1.29 is 9.00 Å². The first-order chi connectivity index (χ1) is 5.66. The molecule has 0 rings (SSSR count). The van der Waals surface area contributed by atoms with Crippen LogP contribution >= 0.6 is 0 Å². The molecule has 0 bridgehead atoms. The molecule has 1 unspecified atom stereocenters. The highest BCUT2D eigenvalue weighted by Crippen LogP contribution is 1.97. The molecule has 1 atom stereocenters. The minimum absolute atomic E-state index is 0.197. The lowest BCUT2D eigenvalue weighted by molar-refractivity contribution is -0.117. The largest absolute Gasteiger partial charge is 0.300 e. The summed E-state index contributed by atoms with van der Waals surface area (Å²) in [5, 5.41) is 0. The van der Waals surface area contributed by atoms with Gasteiger partial charge in [0.1, 0.15) is 5.78 Å². The highest BCUT2D eigenvalue weighted by Gasteiger charge is 1.99. The van der Waals surface area contributed by atoms with Crippen LogP contribution < -0.4 is 0 Å². The highest BCUT2D eigenvalue weighted by atomic mass is 32.2. The van der Waals surface area contributed by atoms with Crippen molar-refractivity contribution in [3.05, 3.63) is 0 Å². The van der Waals surface area contributed by atoms with Crippen LogP contribution in [0.4, 0.5) is 0 Å². The molecule has 72 valence electrons. The fourth-order valence-corrected chi connectivity index (χ4v) is 2.17. The van der Waals surface area contributed by atoms with E-state index >= 15 is 0 Å². The minimum Gasteiger partial charge on any atom is -0.300 e. The van der Waals surface area contributed by atoms with E-state index in [2.05, 4.69) is 6.92 Å². The zero-order valence-corrected chi connectivity index (χ0v) is 8.78. The Morgan fingerprint density at radius 3 is 2.33 bits per heavy atom. The van der Waals surface area contributed by atoms with Crippen LogP contribution in [0.1, 0.15) is 39.5 Å². The maximum atomic E-state index is 11.2. The third-order valence-corrected chi connectivity index (χ3v) is 3.11. The summed E-state index contributed by atoms with van der Waals surface area (Å²) < 4.78 is 11.2. The monoisotopic (exact) mass is 190 g/mol. The second kappa shape index (κ2) is 7.47. The summed E-state index contributed by atoms with van der Waals surface area (Å²) >= 11 is 0. The predicted molar refractivity (Wildman–Crippen MR) is 52.7 cm³/mol. The van der Waals surface area contributed by atoms with Crippen LogP contribution in [0, 0.1) is 0 Å². The summed E-state index contributed by atoms with van der Waals surface area (Å²) in [6.07, 6.45) is 3.49. The summed E-state index contributed by atoms with van der Waals surface area (Å²) in [4.78, 5) is 10.5. The molecule has 0 spiro atoms. The molecule has 0 aromatic carbocycles. The molecule has 0 aliphatic rings. The second-order valence-corrected chi connectivity index (χ2v) is 4.70. The number of rotatable bonds is 7. The van der Waals surface area contributed by atoms with Gasteiger partial charge in [-0.2, -0.15) is 0 Å². The van der Waals surface area contributed by atoms with Crippen molar-refractivity contribution in [3.8, 4) is 0 Å². The van der Waals surface area contributed by atoms with E-state index in [0.29, 0.717) is 12.2 Å². The summed E-state index contributed by atoms with van der Waals surface area (Å²) in [7, 11) is -0.689. The number of hydrogen-bond donors (Lipinski definition) is 0. The summed E-state index contributed by atoms with van der Waals surface area (Å²) in [6.45, 7) is 3.67. The lowest BCUT2D eigenvalue weighted by Crippen LogP contribution is -2.04. The molecule has 0 fully saturated rings. The van der Waals surface area contributed by atoms with Gasteiger partial charge in [0, 0.05) is 28.7 Å². The van der Waals surface area contributed by atoms with Gasteiger partial charge < -0.3 is 4.79 Å². The number of hydrogen-bond acceptors (Lipinski definition) is 2. The van der Waals surface area contributed by atoms with Crippen LogP contribution in [0.3, 0.4) is 0 Å². The summed E-state index contributed by atoms with van der Waals surface area (Å²) in [6, 6.07) is 0. The normalized spacial score (nSPS) is 12.8. The Hall–Kier alpha value is -0.180. The molecule has 2 nitrogen and oxygen atoms in total. The highest BCUT2D eigenvalue weighted by molar-refractivity contribution is 7.84. The van der Waals surface area contributed by atoms with E-state index in [4.69, 9.17) is 0 Å². The fourth-order valence-electron chi connectivity index (χ4n) is 0.889. The van der Waals surface area contributed by atoms with E-state index < -0.39 is 10.8 Å². The zero-order chi connectivity index (χ0) is 9.40. The Morgan fingerprint density at radius 1 is 1.25 bits per heavy atom. The molecule has 0 aliphatic carbocycles. The molecule has 3 heteroatoms. The SMILES string of the molecule is CCCCS(=O)CCCC(C)=O. The van der Waals surface area contributed by atoms with Crippen molar-refractivity contribution in [1.29, 1.82) is 0 Å². The maximum absolute atomic E-state index is 11.2. The average Bonchev–Trinajstić information content (AvgIpc) is 2.00. The number of carbonyl (C=O) groups excluding carboxylic acids is 1. The van der Waals surface area contributed by atoms with Crippen molar-refractivity contribution >= 4 is 16.6 Å². The van der Waals surface area contributed by atoms with Gasteiger partial charge in [-0.05, 0) is 19.8 Å². The fraction of sp³-hybridized carbons (Fsp3) is 0.889. The van der Waals surface area contributed by atoms with Crippen molar-refractivity contribution in [2.24, 2.45) is 0 Å². The van der Waals surface area contributed by atoms with E-state index in [-0.39, 0.29) is 5.78 Å². The molecular weight excluding hydrogens is 172 g/mol. The quantitative estimate of drug-likeness (QED) is 0.614. The topological polar surface area (TPSA) is 34.1 Å². The molecule has 0 aliphatic heterocycles. The Balaban J connectivity index is 3.25. The first-order valence-electron chi connectivity index (χ1n) is 4.51. The van der Waals surface area contributed by atoms with Gasteiger partial charge >= 0.3 is 0 Å². The van der Waals surface area contributed by atoms with Crippen LogP contribution in [-0.4, -0.2) is 21.5 Å². The first-order valence-corrected chi connectivity index (χ1v) is 6.00. The number of ketones is 1.